The van der Waals surface area contributed by atoms with Gasteiger partial charge in [0.15, 0.2) is 0 Å². The minimum atomic E-state index is -0.407. The molecule has 0 radical (unpaired) electrons. The van der Waals surface area contributed by atoms with Crippen LogP contribution >= 0.6 is 0 Å². The molecule has 0 aliphatic rings. The van der Waals surface area contributed by atoms with Crippen molar-refractivity contribution in [2.45, 2.75) is 45.4 Å². The van der Waals surface area contributed by atoms with Crippen molar-refractivity contribution in [3.8, 4) is 0 Å². The molecular weight excluding hydrogens is 256 g/mol. The summed E-state index contributed by atoms with van der Waals surface area (Å²) in [4.78, 5) is 14.7. The van der Waals surface area contributed by atoms with E-state index in [9.17, 15) is 10.1 Å². The molecule has 6 heteroatoms. The molecule has 0 saturated carbocycles. The van der Waals surface area contributed by atoms with Crippen molar-refractivity contribution in [3.05, 3.63) is 22.2 Å². The number of pyridine rings is 1. The van der Waals surface area contributed by atoms with Gasteiger partial charge in [-0.3, -0.25) is 10.1 Å². The summed E-state index contributed by atoms with van der Waals surface area (Å²) in [6, 6.07) is 3.08. The third-order valence-electron chi connectivity index (χ3n) is 3.15. The second-order valence-corrected chi connectivity index (χ2v) is 4.77. The molecule has 2 N–H and O–H groups in total. The fourth-order valence-electron chi connectivity index (χ4n) is 1.98. The zero-order valence-electron chi connectivity index (χ0n) is 12.3. The molecule has 0 atom stereocenters. The van der Waals surface area contributed by atoms with E-state index in [1.54, 1.807) is 13.1 Å². The molecule has 0 aliphatic heterocycles. The Hall–Kier alpha value is -1.85. The maximum Gasteiger partial charge on any atom is 0.311 e. The first-order valence-electron chi connectivity index (χ1n) is 7.26. The summed E-state index contributed by atoms with van der Waals surface area (Å²) >= 11 is 0. The number of aromatic nitrogens is 1. The van der Waals surface area contributed by atoms with Crippen LogP contribution in [0.4, 0.5) is 17.3 Å². The first-order chi connectivity index (χ1) is 9.69. The number of nitrogens with zero attached hydrogens (tertiary/aromatic N) is 2. The van der Waals surface area contributed by atoms with E-state index in [4.69, 9.17) is 0 Å². The van der Waals surface area contributed by atoms with Crippen molar-refractivity contribution in [1.29, 1.82) is 0 Å². The Bertz CT molecular complexity index is 424. The van der Waals surface area contributed by atoms with Crippen LogP contribution in [0.25, 0.3) is 0 Å². The average Bonchev–Trinajstić information content (AvgIpc) is 2.45. The van der Waals surface area contributed by atoms with Crippen LogP contribution in [0.3, 0.4) is 0 Å². The summed E-state index contributed by atoms with van der Waals surface area (Å²) in [6.07, 6.45) is 7.17. The van der Waals surface area contributed by atoms with Crippen molar-refractivity contribution < 1.29 is 4.92 Å². The molecule has 112 valence electrons. The summed E-state index contributed by atoms with van der Waals surface area (Å²) in [7, 11) is 1.74. The lowest BCUT2D eigenvalue weighted by molar-refractivity contribution is -0.384. The van der Waals surface area contributed by atoms with Gasteiger partial charge >= 0.3 is 5.69 Å². The van der Waals surface area contributed by atoms with Gasteiger partial charge in [-0.2, -0.15) is 0 Å². The van der Waals surface area contributed by atoms with Crippen molar-refractivity contribution in [3.63, 3.8) is 0 Å². The van der Waals surface area contributed by atoms with Gasteiger partial charge in [-0.05, 0) is 12.5 Å². The molecule has 0 spiro atoms. The number of hydrogen-bond donors (Lipinski definition) is 2. The highest BCUT2D eigenvalue weighted by Gasteiger charge is 2.15. The summed E-state index contributed by atoms with van der Waals surface area (Å²) in [5.74, 6) is 0.969. The number of nitro groups is 1. The van der Waals surface area contributed by atoms with Gasteiger partial charge < -0.3 is 10.6 Å². The third kappa shape index (κ3) is 5.42. The Morgan fingerprint density at radius 1 is 1.20 bits per heavy atom. The summed E-state index contributed by atoms with van der Waals surface area (Å²) < 4.78 is 0. The fourth-order valence-corrected chi connectivity index (χ4v) is 1.98. The molecule has 0 fully saturated rings. The van der Waals surface area contributed by atoms with Crippen molar-refractivity contribution in [2.24, 2.45) is 0 Å². The zero-order chi connectivity index (χ0) is 14.8. The van der Waals surface area contributed by atoms with Crippen LogP contribution < -0.4 is 10.6 Å². The first-order valence-corrected chi connectivity index (χ1v) is 7.26. The van der Waals surface area contributed by atoms with E-state index in [0.717, 1.165) is 12.8 Å². The summed E-state index contributed by atoms with van der Waals surface area (Å²) in [6.45, 7) is 2.91. The molecule has 1 heterocycles. The van der Waals surface area contributed by atoms with Gasteiger partial charge in [0, 0.05) is 19.7 Å². The maximum atomic E-state index is 10.9. The molecule has 0 saturated heterocycles. The number of nitrogens with one attached hydrogen (secondary N) is 2. The van der Waals surface area contributed by atoms with Crippen LogP contribution in [-0.4, -0.2) is 23.5 Å². The summed E-state index contributed by atoms with van der Waals surface area (Å²) in [5, 5.41) is 16.9. The van der Waals surface area contributed by atoms with Gasteiger partial charge in [0.2, 0.25) is 5.82 Å². The average molecular weight is 280 g/mol. The molecule has 0 amide bonds. The minimum absolute atomic E-state index is 0.0231. The molecule has 0 aromatic carbocycles. The van der Waals surface area contributed by atoms with Crippen molar-refractivity contribution in [1.82, 2.24) is 4.98 Å². The third-order valence-corrected chi connectivity index (χ3v) is 3.15. The lowest BCUT2D eigenvalue weighted by Crippen LogP contribution is -2.07. The van der Waals surface area contributed by atoms with Gasteiger partial charge in [0.25, 0.3) is 0 Å². The van der Waals surface area contributed by atoms with Crippen LogP contribution in [0.1, 0.15) is 45.4 Å². The molecule has 0 unspecified atom stereocenters. The van der Waals surface area contributed by atoms with Gasteiger partial charge in [-0.15, -0.1) is 0 Å². The molecule has 0 bridgehead atoms. The van der Waals surface area contributed by atoms with Gasteiger partial charge in [-0.25, -0.2) is 4.98 Å². The van der Waals surface area contributed by atoms with Gasteiger partial charge in [0.1, 0.15) is 5.82 Å². The van der Waals surface area contributed by atoms with E-state index in [1.807, 2.05) is 0 Å². The number of rotatable bonds is 10. The summed E-state index contributed by atoms with van der Waals surface area (Å²) in [5.41, 5.74) is 0.0231. The maximum absolute atomic E-state index is 10.9. The van der Waals surface area contributed by atoms with E-state index in [2.05, 4.69) is 22.5 Å². The normalized spacial score (nSPS) is 10.3. The van der Waals surface area contributed by atoms with E-state index >= 15 is 0 Å². The Balaban J connectivity index is 2.43. The molecule has 1 aromatic rings. The second-order valence-electron chi connectivity index (χ2n) is 4.77. The highest BCUT2D eigenvalue weighted by molar-refractivity contribution is 5.60. The molecule has 6 nitrogen and oxygen atoms in total. The van der Waals surface area contributed by atoms with Gasteiger partial charge in [0.05, 0.1) is 4.92 Å². The van der Waals surface area contributed by atoms with E-state index < -0.39 is 4.92 Å². The molecule has 0 aliphatic carbocycles. The first kappa shape index (κ1) is 16.2. The zero-order valence-corrected chi connectivity index (χ0v) is 12.3. The predicted octanol–water partition coefficient (Wildman–Crippen LogP) is 3.80. The van der Waals surface area contributed by atoms with Crippen molar-refractivity contribution in [2.75, 3.05) is 24.2 Å². The standard InChI is InChI=1S/C14H24N4O2/c1-3-4-5-6-7-8-11-16-14-12(18(19)20)9-10-13(15-2)17-14/h9-10H,3-8,11H2,1-2H3,(H2,15,16,17). The van der Waals surface area contributed by atoms with Crippen LogP contribution in [0.2, 0.25) is 0 Å². The van der Waals surface area contributed by atoms with Crippen LogP contribution in [-0.2, 0) is 0 Å². The van der Waals surface area contributed by atoms with Gasteiger partial charge in [-0.1, -0.05) is 39.0 Å². The lowest BCUT2D eigenvalue weighted by Gasteiger charge is -2.08. The number of hydrogen-bond acceptors (Lipinski definition) is 5. The van der Waals surface area contributed by atoms with Crippen LogP contribution in [0.5, 0.6) is 0 Å². The monoisotopic (exact) mass is 280 g/mol. The predicted molar refractivity (Wildman–Crippen MR) is 82.3 cm³/mol. The quantitative estimate of drug-likeness (QED) is 0.387. The molecular formula is C14H24N4O2. The largest absolute Gasteiger partial charge is 0.373 e. The molecule has 1 rings (SSSR count). The molecule has 20 heavy (non-hydrogen) atoms. The van der Waals surface area contributed by atoms with E-state index in [-0.39, 0.29) is 5.69 Å². The topological polar surface area (TPSA) is 80.1 Å². The lowest BCUT2D eigenvalue weighted by atomic mass is 10.1. The van der Waals surface area contributed by atoms with Crippen molar-refractivity contribution >= 4 is 17.3 Å². The van der Waals surface area contributed by atoms with E-state index in [1.165, 1.54) is 31.7 Å². The SMILES string of the molecule is CCCCCCCCNc1nc(NC)ccc1[N+](=O)[O-]. The highest BCUT2D eigenvalue weighted by atomic mass is 16.6. The van der Waals surface area contributed by atoms with Crippen LogP contribution in [0.15, 0.2) is 12.1 Å². The second kappa shape index (κ2) is 9.12. The van der Waals surface area contributed by atoms with E-state index in [0.29, 0.717) is 18.2 Å². The number of anilines is 2. The Morgan fingerprint density at radius 2 is 1.90 bits per heavy atom. The Kier molecular flexibility index (Phi) is 7.39. The Morgan fingerprint density at radius 3 is 2.55 bits per heavy atom. The fraction of sp³-hybridized carbons (Fsp3) is 0.643. The number of unbranched alkanes of at least 4 members (excludes halogenated alkanes) is 5. The minimum Gasteiger partial charge on any atom is -0.373 e. The highest BCUT2D eigenvalue weighted by Crippen LogP contribution is 2.23. The Labute approximate surface area is 120 Å². The van der Waals surface area contributed by atoms with Crippen LogP contribution in [0, 0.1) is 10.1 Å². The molecule has 1 aromatic heterocycles. The smallest absolute Gasteiger partial charge is 0.311 e.